The van der Waals surface area contributed by atoms with Crippen LogP contribution in [0.5, 0.6) is 0 Å². The number of fused-ring (bicyclic) bond motifs is 7. The molecular weight excluding hydrogens is 448 g/mol. The van der Waals surface area contributed by atoms with Crippen molar-refractivity contribution in [3.05, 3.63) is 0 Å². The van der Waals surface area contributed by atoms with Crippen molar-refractivity contribution >= 4 is 17.6 Å². The van der Waals surface area contributed by atoms with E-state index in [1.807, 2.05) is 0 Å². The van der Waals surface area contributed by atoms with Gasteiger partial charge in [0, 0.05) is 12.8 Å². The van der Waals surface area contributed by atoms with Gasteiger partial charge in [0.15, 0.2) is 5.79 Å². The second kappa shape index (κ2) is 8.09. The third kappa shape index (κ3) is 3.26. The predicted octanol–water partition coefficient (Wildman–Crippen LogP) is 6.58. The Bertz CT molecular complexity index is 833. The molecule has 4 aliphatic carbocycles. The highest BCUT2D eigenvalue weighted by Crippen LogP contribution is 2.71. The van der Waals surface area contributed by atoms with Crippen LogP contribution in [-0.4, -0.2) is 35.9 Å². The summed E-state index contributed by atoms with van der Waals surface area (Å²) >= 11 is 6.97. The minimum atomic E-state index is -0.576. The molecule has 34 heavy (non-hydrogen) atoms. The molecule has 0 N–H and O–H groups in total. The number of hydrogen-bond acceptors (Lipinski definition) is 4. The van der Waals surface area contributed by atoms with E-state index < -0.39 is 5.79 Å². The minimum absolute atomic E-state index is 0.0444. The summed E-state index contributed by atoms with van der Waals surface area (Å²) in [6.07, 6.45) is 11.2. The fourth-order valence-electron chi connectivity index (χ4n) is 10.7. The van der Waals surface area contributed by atoms with Crippen molar-refractivity contribution in [3.8, 4) is 0 Å². The lowest BCUT2D eigenvalue weighted by Crippen LogP contribution is -2.56. The molecule has 4 nitrogen and oxygen atoms in total. The number of carbonyl (C=O) groups excluding carboxylic acids is 1. The molecule has 0 radical (unpaired) electrons. The Labute approximate surface area is 211 Å². The molecule has 6 fully saturated rings. The zero-order valence-corrected chi connectivity index (χ0v) is 22.6. The molecule has 5 heteroatoms. The second-order valence-corrected chi connectivity index (χ2v) is 14.3. The lowest BCUT2D eigenvalue weighted by atomic mass is 9.44. The molecule has 4 saturated carbocycles. The first-order valence-electron chi connectivity index (χ1n) is 14.2. The first-order valence-corrected chi connectivity index (χ1v) is 14.6. The summed E-state index contributed by atoms with van der Waals surface area (Å²) in [5.74, 6) is 3.79. The number of alkyl halides is 1. The summed E-state index contributed by atoms with van der Waals surface area (Å²) in [7, 11) is 0. The number of carbonyl (C=O) groups is 1. The van der Waals surface area contributed by atoms with Crippen molar-refractivity contribution in [1.29, 1.82) is 0 Å². The third-order valence-electron chi connectivity index (χ3n) is 12.2. The van der Waals surface area contributed by atoms with Gasteiger partial charge in [-0.3, -0.25) is 4.79 Å². The largest absolute Gasteiger partial charge is 0.463 e. The van der Waals surface area contributed by atoms with Crippen LogP contribution in [0.1, 0.15) is 92.4 Å². The lowest BCUT2D eigenvalue weighted by Gasteiger charge is -2.61. The molecule has 192 valence electrons. The highest BCUT2D eigenvalue weighted by atomic mass is 35.5. The van der Waals surface area contributed by atoms with Gasteiger partial charge in [0.1, 0.15) is 6.10 Å². The van der Waals surface area contributed by atoms with Gasteiger partial charge < -0.3 is 14.2 Å². The SMILES string of the molecule is CC(=O)O[C@H]1CC[C@@]2(C)[C@@H](CC[C@@H]3[C@@H]2CC[C@]2(C)[C@@H]4[C@H](C[C@@H]32)O[C@@]2(OC[C@H](C)C[C@@H]2Cl)[C@H]4C)C1. The monoisotopic (exact) mass is 492 g/mol. The maximum Gasteiger partial charge on any atom is 0.302 e. The Hall–Kier alpha value is -0.320. The Balaban J connectivity index is 1.22. The topological polar surface area (TPSA) is 44.8 Å². The van der Waals surface area contributed by atoms with Gasteiger partial charge in [0.25, 0.3) is 0 Å². The van der Waals surface area contributed by atoms with Gasteiger partial charge in [-0.25, -0.2) is 0 Å². The van der Waals surface area contributed by atoms with Crippen molar-refractivity contribution in [3.63, 3.8) is 0 Å². The van der Waals surface area contributed by atoms with Crippen LogP contribution >= 0.6 is 11.6 Å². The molecule has 0 amide bonds. The van der Waals surface area contributed by atoms with Crippen LogP contribution in [-0.2, 0) is 19.0 Å². The van der Waals surface area contributed by atoms with Gasteiger partial charge in [-0.15, -0.1) is 11.6 Å². The van der Waals surface area contributed by atoms with Crippen molar-refractivity contribution in [2.45, 2.75) is 116 Å². The molecule has 0 aromatic rings. The third-order valence-corrected chi connectivity index (χ3v) is 12.7. The highest BCUT2D eigenvalue weighted by molar-refractivity contribution is 6.21. The van der Waals surface area contributed by atoms with Crippen molar-refractivity contribution in [1.82, 2.24) is 0 Å². The fourth-order valence-corrected chi connectivity index (χ4v) is 11.3. The van der Waals surface area contributed by atoms with Crippen LogP contribution in [0.15, 0.2) is 0 Å². The van der Waals surface area contributed by atoms with Crippen LogP contribution in [0.2, 0.25) is 0 Å². The molecule has 0 aromatic heterocycles. The molecule has 0 bridgehead atoms. The first kappa shape index (κ1) is 24.0. The normalized spacial score (nSPS) is 58.5. The molecule has 13 atom stereocenters. The van der Waals surface area contributed by atoms with E-state index in [4.69, 9.17) is 25.8 Å². The molecular formula is C29H45ClO4. The summed E-state index contributed by atoms with van der Waals surface area (Å²) in [5.41, 5.74) is 0.728. The molecule has 0 aromatic carbocycles. The Morgan fingerprint density at radius 3 is 2.47 bits per heavy atom. The number of ether oxygens (including phenoxy) is 3. The fraction of sp³-hybridized carbons (Fsp3) is 0.966. The van der Waals surface area contributed by atoms with Gasteiger partial charge in [-0.05, 0) is 104 Å². The summed E-state index contributed by atoms with van der Waals surface area (Å²) in [4.78, 5) is 11.6. The van der Waals surface area contributed by atoms with E-state index in [1.54, 1.807) is 6.92 Å². The van der Waals surface area contributed by atoms with E-state index >= 15 is 0 Å². The summed E-state index contributed by atoms with van der Waals surface area (Å²) in [5, 5.41) is -0.0444. The first-order chi connectivity index (χ1) is 16.1. The molecule has 0 unspecified atom stereocenters. The van der Waals surface area contributed by atoms with Gasteiger partial charge in [-0.2, -0.15) is 0 Å². The van der Waals surface area contributed by atoms with E-state index in [9.17, 15) is 4.79 Å². The van der Waals surface area contributed by atoms with Gasteiger partial charge in [0.2, 0.25) is 0 Å². The predicted molar refractivity (Wildman–Crippen MR) is 132 cm³/mol. The van der Waals surface area contributed by atoms with Gasteiger partial charge in [0.05, 0.1) is 18.1 Å². The Morgan fingerprint density at radius 2 is 1.74 bits per heavy atom. The van der Waals surface area contributed by atoms with Crippen LogP contribution < -0.4 is 0 Å². The zero-order valence-electron chi connectivity index (χ0n) is 21.9. The minimum Gasteiger partial charge on any atom is -0.463 e. The Kier molecular flexibility index (Phi) is 5.72. The van der Waals surface area contributed by atoms with Crippen LogP contribution in [0.3, 0.4) is 0 Å². The molecule has 2 aliphatic heterocycles. The molecule has 6 aliphatic rings. The molecule has 2 heterocycles. The summed E-state index contributed by atoms with van der Waals surface area (Å²) < 4.78 is 19.0. The van der Waals surface area contributed by atoms with Gasteiger partial charge >= 0.3 is 5.97 Å². The highest BCUT2D eigenvalue weighted by Gasteiger charge is 2.70. The van der Waals surface area contributed by atoms with Crippen LogP contribution in [0.4, 0.5) is 0 Å². The number of halogens is 1. The zero-order chi connectivity index (χ0) is 24.0. The van der Waals surface area contributed by atoms with E-state index in [1.165, 1.54) is 38.5 Å². The average molecular weight is 493 g/mol. The molecule has 1 spiro atoms. The maximum atomic E-state index is 11.6. The number of rotatable bonds is 1. The molecule has 6 rings (SSSR count). The standard InChI is InChI=1S/C29H45ClO4/c1-16-12-25(30)29(32-15-16)17(2)26-24(34-29)14-23-21-7-6-19-13-20(33-18(3)31)8-10-27(19,4)22(21)9-11-28(23,26)5/h16-17,19-26H,6-15H2,1-5H3/t16-,17+,19+,20+,21-,22+,23+,24+,25+,26+,27+,28+,29+/m1/s1. The van der Waals surface area contributed by atoms with E-state index in [2.05, 4.69) is 27.7 Å². The summed E-state index contributed by atoms with van der Waals surface area (Å²) in [6.45, 7) is 12.1. The quantitative estimate of drug-likeness (QED) is 0.306. The lowest BCUT2D eigenvalue weighted by molar-refractivity contribution is -0.270. The number of hydrogen-bond donors (Lipinski definition) is 0. The van der Waals surface area contributed by atoms with Crippen molar-refractivity contribution in [2.24, 2.45) is 52.3 Å². The molecule has 2 saturated heterocycles. The second-order valence-electron chi connectivity index (χ2n) is 13.8. The Morgan fingerprint density at radius 1 is 0.971 bits per heavy atom. The van der Waals surface area contributed by atoms with Crippen molar-refractivity contribution < 1.29 is 19.0 Å². The van der Waals surface area contributed by atoms with Crippen LogP contribution in [0.25, 0.3) is 0 Å². The van der Waals surface area contributed by atoms with E-state index in [-0.39, 0.29) is 17.5 Å². The maximum absolute atomic E-state index is 11.6. The number of esters is 1. The summed E-state index contributed by atoms with van der Waals surface area (Å²) in [6, 6.07) is 0. The van der Waals surface area contributed by atoms with E-state index in [0.29, 0.717) is 40.6 Å². The van der Waals surface area contributed by atoms with Crippen molar-refractivity contribution in [2.75, 3.05) is 6.61 Å². The van der Waals surface area contributed by atoms with E-state index in [0.717, 1.165) is 43.6 Å². The van der Waals surface area contributed by atoms with Gasteiger partial charge in [-0.1, -0.05) is 27.7 Å². The van der Waals surface area contributed by atoms with Crippen LogP contribution in [0, 0.1) is 52.3 Å². The average Bonchev–Trinajstić information content (AvgIpc) is 3.22. The smallest absolute Gasteiger partial charge is 0.302 e.